The van der Waals surface area contributed by atoms with Gasteiger partial charge in [-0.15, -0.1) is 11.3 Å². The smallest absolute Gasteiger partial charge is 0.305 e. The number of ether oxygens (including phenoxy) is 1. The minimum atomic E-state index is -0.220. The summed E-state index contributed by atoms with van der Waals surface area (Å²) < 4.78 is 4.61. The van der Waals surface area contributed by atoms with Crippen molar-refractivity contribution in [2.24, 2.45) is 5.73 Å². The number of thiazole rings is 1. The molecule has 4 nitrogen and oxygen atoms in total. The number of hydrogen-bond acceptors (Lipinski definition) is 5. The number of hydrogen-bond donors (Lipinski definition) is 1. The molecule has 0 saturated heterocycles. The van der Waals surface area contributed by atoms with Gasteiger partial charge in [0.05, 0.1) is 25.3 Å². The van der Waals surface area contributed by atoms with Crippen molar-refractivity contribution in [1.82, 2.24) is 4.98 Å². The first-order valence-electron chi connectivity index (χ1n) is 6.02. The van der Waals surface area contributed by atoms with Gasteiger partial charge in [0.15, 0.2) is 0 Å². The van der Waals surface area contributed by atoms with E-state index >= 15 is 0 Å². The highest BCUT2D eigenvalue weighted by Crippen LogP contribution is 2.23. The van der Waals surface area contributed by atoms with Crippen molar-refractivity contribution < 1.29 is 9.53 Å². The largest absolute Gasteiger partial charge is 0.469 e. The van der Waals surface area contributed by atoms with Crippen molar-refractivity contribution in [3.8, 4) is 0 Å². The number of rotatable bonds is 5. The van der Waals surface area contributed by atoms with Crippen LogP contribution in [0.5, 0.6) is 0 Å². The highest BCUT2D eigenvalue weighted by Gasteiger charge is 2.13. The molecule has 0 fully saturated rings. The molecule has 0 aliphatic carbocycles. The summed E-state index contributed by atoms with van der Waals surface area (Å²) in [7, 11) is 1.39. The molecule has 2 rings (SSSR count). The number of aromatic nitrogens is 1. The van der Waals surface area contributed by atoms with Crippen LogP contribution in [0.1, 0.15) is 28.7 Å². The molecule has 0 spiro atoms. The average Bonchev–Trinajstić information content (AvgIpc) is 2.93. The number of nitrogens with two attached hydrogens (primary N) is 1. The molecule has 0 amide bonds. The molecule has 2 N–H and O–H groups in total. The Hall–Kier alpha value is -1.72. The van der Waals surface area contributed by atoms with Gasteiger partial charge in [0.25, 0.3) is 0 Å². The van der Waals surface area contributed by atoms with Crippen molar-refractivity contribution in [2.45, 2.75) is 18.9 Å². The van der Waals surface area contributed by atoms with Gasteiger partial charge in [0.2, 0.25) is 0 Å². The monoisotopic (exact) mass is 276 g/mol. The van der Waals surface area contributed by atoms with E-state index < -0.39 is 0 Å². The molecule has 0 radical (unpaired) electrons. The van der Waals surface area contributed by atoms with Crippen LogP contribution in [-0.4, -0.2) is 18.1 Å². The second-order valence-corrected chi connectivity index (χ2v) is 5.03. The summed E-state index contributed by atoms with van der Waals surface area (Å²) in [5.41, 5.74) is 8.09. The fraction of sp³-hybridized carbons (Fsp3) is 0.286. The first-order valence-corrected chi connectivity index (χ1v) is 6.90. The molecule has 0 aliphatic rings. The van der Waals surface area contributed by atoms with Gasteiger partial charge in [0.1, 0.15) is 5.01 Å². The number of benzene rings is 1. The molecule has 0 bridgehead atoms. The van der Waals surface area contributed by atoms with Gasteiger partial charge >= 0.3 is 5.97 Å². The number of methoxy groups -OCH3 is 1. The van der Waals surface area contributed by atoms with Crippen LogP contribution in [0.4, 0.5) is 0 Å². The molecule has 1 aromatic carbocycles. The van der Waals surface area contributed by atoms with Crippen LogP contribution in [0.3, 0.4) is 0 Å². The topological polar surface area (TPSA) is 65.2 Å². The Morgan fingerprint density at radius 3 is 2.84 bits per heavy atom. The van der Waals surface area contributed by atoms with E-state index in [2.05, 4.69) is 9.72 Å². The van der Waals surface area contributed by atoms with Crippen LogP contribution >= 0.6 is 11.3 Å². The van der Waals surface area contributed by atoms with Crippen LogP contribution < -0.4 is 5.73 Å². The summed E-state index contributed by atoms with van der Waals surface area (Å²) >= 11 is 1.52. The summed E-state index contributed by atoms with van der Waals surface area (Å²) in [4.78, 5) is 15.6. The van der Waals surface area contributed by atoms with E-state index in [4.69, 9.17) is 5.73 Å². The molecule has 1 unspecified atom stereocenters. The van der Waals surface area contributed by atoms with Crippen molar-refractivity contribution >= 4 is 17.3 Å². The molecule has 19 heavy (non-hydrogen) atoms. The number of nitrogens with zero attached hydrogens (tertiary/aromatic N) is 1. The van der Waals surface area contributed by atoms with Crippen molar-refractivity contribution in [3.05, 3.63) is 52.0 Å². The Morgan fingerprint density at radius 2 is 2.16 bits per heavy atom. The maximum absolute atomic E-state index is 11.1. The van der Waals surface area contributed by atoms with Gasteiger partial charge in [-0.3, -0.25) is 4.79 Å². The van der Waals surface area contributed by atoms with E-state index in [1.54, 1.807) is 0 Å². The first-order chi connectivity index (χ1) is 9.20. The van der Waals surface area contributed by atoms with E-state index in [1.807, 2.05) is 35.7 Å². The lowest BCUT2D eigenvalue weighted by Gasteiger charge is -2.07. The lowest BCUT2D eigenvalue weighted by atomic mass is 10.1. The third kappa shape index (κ3) is 3.62. The fourth-order valence-electron chi connectivity index (χ4n) is 1.72. The maximum Gasteiger partial charge on any atom is 0.305 e. The van der Waals surface area contributed by atoms with Crippen LogP contribution in [0.2, 0.25) is 0 Å². The van der Waals surface area contributed by atoms with Gasteiger partial charge in [-0.1, -0.05) is 30.3 Å². The molecule has 1 aromatic heterocycles. The standard InChI is InChI=1S/C14H16N2O2S/c1-18-12(17)8-7-11-9-19-14(16-11)13(15)10-5-3-2-4-6-10/h2-6,9,13H,7-8,15H2,1H3. The lowest BCUT2D eigenvalue weighted by molar-refractivity contribution is -0.140. The number of carbonyl (C=O) groups excluding carboxylic acids is 1. The molecule has 0 aliphatic heterocycles. The van der Waals surface area contributed by atoms with E-state index in [9.17, 15) is 4.79 Å². The zero-order valence-electron chi connectivity index (χ0n) is 10.7. The Bertz CT molecular complexity index is 539. The Morgan fingerprint density at radius 1 is 1.42 bits per heavy atom. The lowest BCUT2D eigenvalue weighted by Crippen LogP contribution is -2.11. The normalized spacial score (nSPS) is 12.1. The molecule has 100 valence electrons. The second kappa shape index (κ2) is 6.45. The predicted octanol–water partition coefficient (Wildman–Crippen LogP) is 2.30. The highest BCUT2D eigenvalue weighted by molar-refractivity contribution is 7.09. The van der Waals surface area contributed by atoms with Crippen molar-refractivity contribution in [1.29, 1.82) is 0 Å². The van der Waals surface area contributed by atoms with E-state index in [1.165, 1.54) is 18.4 Å². The minimum absolute atomic E-state index is 0.210. The SMILES string of the molecule is COC(=O)CCc1csc(C(N)c2ccccc2)n1. The van der Waals surface area contributed by atoms with E-state index in [0.29, 0.717) is 12.8 Å². The van der Waals surface area contributed by atoms with Crippen LogP contribution in [0, 0.1) is 0 Å². The number of carbonyl (C=O) groups is 1. The minimum Gasteiger partial charge on any atom is -0.469 e. The molecule has 1 atom stereocenters. The second-order valence-electron chi connectivity index (χ2n) is 4.14. The molecule has 5 heteroatoms. The predicted molar refractivity (Wildman–Crippen MR) is 74.9 cm³/mol. The Labute approximate surface area is 116 Å². The summed E-state index contributed by atoms with van der Waals surface area (Å²) in [5, 5.41) is 2.81. The molecule has 0 saturated carbocycles. The van der Waals surface area contributed by atoms with Gasteiger partial charge in [-0.05, 0) is 5.56 Å². The third-order valence-corrected chi connectivity index (χ3v) is 3.78. The fourth-order valence-corrected chi connectivity index (χ4v) is 2.60. The first kappa shape index (κ1) is 13.7. The number of esters is 1. The van der Waals surface area contributed by atoms with Crippen molar-refractivity contribution in [2.75, 3.05) is 7.11 Å². The summed E-state index contributed by atoms with van der Waals surface area (Å²) in [5.74, 6) is -0.220. The summed E-state index contributed by atoms with van der Waals surface area (Å²) in [6.07, 6.45) is 0.935. The zero-order valence-corrected chi connectivity index (χ0v) is 11.5. The molecule has 2 aromatic rings. The molecular formula is C14H16N2O2S. The van der Waals surface area contributed by atoms with Crippen LogP contribution in [-0.2, 0) is 16.0 Å². The molecule has 1 heterocycles. The van der Waals surface area contributed by atoms with Crippen molar-refractivity contribution in [3.63, 3.8) is 0 Å². The van der Waals surface area contributed by atoms with E-state index in [0.717, 1.165) is 16.3 Å². The van der Waals surface area contributed by atoms with Gasteiger partial charge < -0.3 is 10.5 Å². The Kier molecular flexibility index (Phi) is 4.65. The van der Waals surface area contributed by atoms with Gasteiger partial charge in [-0.2, -0.15) is 0 Å². The average molecular weight is 276 g/mol. The Balaban J connectivity index is 2.02. The summed E-state index contributed by atoms with van der Waals surface area (Å²) in [6.45, 7) is 0. The third-order valence-electron chi connectivity index (χ3n) is 2.81. The summed E-state index contributed by atoms with van der Waals surface area (Å²) in [6, 6.07) is 9.64. The quantitative estimate of drug-likeness (QED) is 0.851. The highest BCUT2D eigenvalue weighted by atomic mass is 32.1. The van der Waals surface area contributed by atoms with Gasteiger partial charge in [0, 0.05) is 11.8 Å². The molecular weight excluding hydrogens is 260 g/mol. The van der Waals surface area contributed by atoms with Crippen LogP contribution in [0.25, 0.3) is 0 Å². The van der Waals surface area contributed by atoms with Gasteiger partial charge in [-0.25, -0.2) is 4.98 Å². The number of aryl methyl sites for hydroxylation is 1. The zero-order chi connectivity index (χ0) is 13.7. The van der Waals surface area contributed by atoms with Crippen LogP contribution in [0.15, 0.2) is 35.7 Å². The van der Waals surface area contributed by atoms with E-state index in [-0.39, 0.29) is 12.0 Å². The maximum atomic E-state index is 11.1.